The molecule has 0 unspecified atom stereocenters. The molecular formula is C24H26N2O2. The van der Waals surface area contributed by atoms with Crippen molar-refractivity contribution in [2.45, 2.75) is 20.0 Å². The van der Waals surface area contributed by atoms with E-state index in [0.29, 0.717) is 18.7 Å². The van der Waals surface area contributed by atoms with Gasteiger partial charge in [-0.25, -0.2) is 0 Å². The van der Waals surface area contributed by atoms with Gasteiger partial charge in [-0.15, -0.1) is 6.58 Å². The molecule has 1 aromatic heterocycles. The summed E-state index contributed by atoms with van der Waals surface area (Å²) in [4.78, 5) is 14.8. The van der Waals surface area contributed by atoms with Crippen molar-refractivity contribution < 1.29 is 9.53 Å². The number of rotatable bonds is 8. The van der Waals surface area contributed by atoms with E-state index < -0.39 is 0 Å². The molecule has 1 heterocycles. The van der Waals surface area contributed by atoms with Crippen LogP contribution < -0.4 is 4.74 Å². The highest BCUT2D eigenvalue weighted by Crippen LogP contribution is 2.17. The standard InChI is InChI=1S/C24H26N2O2/c1-4-14-26(24(27)21-12-10-19(2)11-13-21)18-22-8-6-15-25(22)17-20-7-5-9-23(16-20)28-3/h4-13,15-16H,1,14,17-18H2,2-3H3. The van der Waals surface area contributed by atoms with Gasteiger partial charge in [0, 0.05) is 30.5 Å². The maximum Gasteiger partial charge on any atom is 0.254 e. The van der Waals surface area contributed by atoms with Gasteiger partial charge < -0.3 is 14.2 Å². The van der Waals surface area contributed by atoms with Crippen molar-refractivity contribution in [2.75, 3.05) is 13.7 Å². The van der Waals surface area contributed by atoms with Crippen molar-refractivity contribution >= 4 is 5.91 Å². The SMILES string of the molecule is C=CCN(Cc1cccn1Cc1cccc(OC)c1)C(=O)c1ccc(C)cc1. The van der Waals surface area contributed by atoms with E-state index in [2.05, 4.69) is 23.3 Å². The number of carbonyl (C=O) groups is 1. The predicted molar refractivity (Wildman–Crippen MR) is 113 cm³/mol. The van der Waals surface area contributed by atoms with E-state index in [1.165, 1.54) is 0 Å². The Morgan fingerprint density at radius 1 is 1.14 bits per heavy atom. The number of ether oxygens (including phenoxy) is 1. The van der Waals surface area contributed by atoms with E-state index in [-0.39, 0.29) is 5.91 Å². The van der Waals surface area contributed by atoms with Crippen LogP contribution in [0.5, 0.6) is 5.75 Å². The van der Waals surface area contributed by atoms with E-state index in [0.717, 1.165) is 29.1 Å². The molecule has 3 rings (SSSR count). The minimum absolute atomic E-state index is 0.00836. The first kappa shape index (κ1) is 19.5. The molecule has 0 aliphatic carbocycles. The number of methoxy groups -OCH3 is 1. The summed E-state index contributed by atoms with van der Waals surface area (Å²) in [5.74, 6) is 0.850. The molecule has 0 saturated heterocycles. The Balaban J connectivity index is 1.78. The molecular weight excluding hydrogens is 348 g/mol. The molecule has 0 N–H and O–H groups in total. The van der Waals surface area contributed by atoms with Gasteiger partial charge >= 0.3 is 0 Å². The maximum atomic E-state index is 13.0. The van der Waals surface area contributed by atoms with Crippen LogP contribution in [-0.2, 0) is 13.1 Å². The quantitative estimate of drug-likeness (QED) is 0.537. The molecule has 0 spiro atoms. The Bertz CT molecular complexity index is 941. The smallest absolute Gasteiger partial charge is 0.254 e. The van der Waals surface area contributed by atoms with Crippen LogP contribution in [0.4, 0.5) is 0 Å². The average molecular weight is 374 g/mol. The number of carbonyl (C=O) groups excluding carboxylic acids is 1. The van der Waals surface area contributed by atoms with Crippen LogP contribution in [0.1, 0.15) is 27.2 Å². The van der Waals surface area contributed by atoms with Gasteiger partial charge in [0.2, 0.25) is 0 Å². The zero-order valence-electron chi connectivity index (χ0n) is 16.5. The molecule has 0 aliphatic rings. The summed E-state index contributed by atoms with van der Waals surface area (Å²) >= 11 is 0. The summed E-state index contributed by atoms with van der Waals surface area (Å²) < 4.78 is 7.48. The normalized spacial score (nSPS) is 10.5. The monoisotopic (exact) mass is 374 g/mol. The second-order valence-corrected chi connectivity index (χ2v) is 6.82. The van der Waals surface area contributed by atoms with Gasteiger partial charge in [0.15, 0.2) is 0 Å². The third-order valence-corrected chi connectivity index (χ3v) is 4.70. The summed E-state index contributed by atoms with van der Waals surface area (Å²) in [5.41, 5.74) is 4.06. The van der Waals surface area contributed by atoms with Crippen LogP contribution in [0.2, 0.25) is 0 Å². The van der Waals surface area contributed by atoms with Gasteiger partial charge in [-0.3, -0.25) is 4.79 Å². The third-order valence-electron chi connectivity index (χ3n) is 4.70. The Morgan fingerprint density at radius 2 is 1.93 bits per heavy atom. The molecule has 0 radical (unpaired) electrons. The minimum atomic E-state index is 0.00836. The van der Waals surface area contributed by atoms with Crippen LogP contribution in [0.15, 0.2) is 79.5 Å². The zero-order chi connectivity index (χ0) is 19.9. The molecule has 3 aromatic rings. The second-order valence-electron chi connectivity index (χ2n) is 6.82. The number of nitrogens with zero attached hydrogens (tertiary/aromatic N) is 2. The lowest BCUT2D eigenvalue weighted by Gasteiger charge is -2.22. The van der Waals surface area contributed by atoms with E-state index in [1.807, 2.05) is 66.6 Å². The lowest BCUT2D eigenvalue weighted by Crippen LogP contribution is -2.31. The highest BCUT2D eigenvalue weighted by Gasteiger charge is 2.16. The average Bonchev–Trinajstić information content (AvgIpc) is 3.14. The first-order valence-corrected chi connectivity index (χ1v) is 9.34. The first-order valence-electron chi connectivity index (χ1n) is 9.34. The molecule has 1 amide bonds. The Morgan fingerprint density at radius 3 is 2.64 bits per heavy atom. The van der Waals surface area contributed by atoms with Gasteiger partial charge in [-0.2, -0.15) is 0 Å². The molecule has 2 aromatic carbocycles. The fourth-order valence-electron chi connectivity index (χ4n) is 3.16. The van der Waals surface area contributed by atoms with Crippen molar-refractivity contribution in [2.24, 2.45) is 0 Å². The summed E-state index contributed by atoms with van der Waals surface area (Å²) in [6, 6.07) is 19.8. The highest BCUT2D eigenvalue weighted by atomic mass is 16.5. The van der Waals surface area contributed by atoms with Crippen molar-refractivity contribution in [3.63, 3.8) is 0 Å². The lowest BCUT2D eigenvalue weighted by molar-refractivity contribution is 0.0759. The Labute approximate surface area is 166 Å². The number of hydrogen-bond acceptors (Lipinski definition) is 2. The molecule has 0 fully saturated rings. The van der Waals surface area contributed by atoms with Gasteiger partial charge in [-0.05, 0) is 48.9 Å². The molecule has 4 nitrogen and oxygen atoms in total. The molecule has 4 heteroatoms. The molecule has 0 atom stereocenters. The summed E-state index contributed by atoms with van der Waals surface area (Å²) in [6.45, 7) is 7.57. The van der Waals surface area contributed by atoms with Crippen LogP contribution in [0.25, 0.3) is 0 Å². The molecule has 0 saturated carbocycles. The van der Waals surface area contributed by atoms with Crippen LogP contribution in [0, 0.1) is 6.92 Å². The largest absolute Gasteiger partial charge is 0.497 e. The fourth-order valence-corrected chi connectivity index (χ4v) is 3.16. The second kappa shape index (κ2) is 9.09. The molecule has 0 aliphatic heterocycles. The third kappa shape index (κ3) is 4.71. The van der Waals surface area contributed by atoms with Gasteiger partial charge in [0.1, 0.15) is 5.75 Å². The maximum absolute atomic E-state index is 13.0. The van der Waals surface area contributed by atoms with Crippen LogP contribution in [0.3, 0.4) is 0 Å². The minimum Gasteiger partial charge on any atom is -0.497 e. The topological polar surface area (TPSA) is 34.5 Å². The van der Waals surface area contributed by atoms with Crippen molar-refractivity contribution in [1.82, 2.24) is 9.47 Å². The van der Waals surface area contributed by atoms with Gasteiger partial charge in [0.25, 0.3) is 5.91 Å². The molecule has 144 valence electrons. The van der Waals surface area contributed by atoms with Crippen molar-refractivity contribution in [3.8, 4) is 5.75 Å². The predicted octanol–water partition coefficient (Wildman–Crippen LogP) is 4.68. The van der Waals surface area contributed by atoms with E-state index >= 15 is 0 Å². The number of amides is 1. The Kier molecular flexibility index (Phi) is 6.33. The zero-order valence-corrected chi connectivity index (χ0v) is 16.5. The highest BCUT2D eigenvalue weighted by molar-refractivity contribution is 5.94. The van der Waals surface area contributed by atoms with E-state index in [1.54, 1.807) is 13.2 Å². The first-order chi connectivity index (χ1) is 13.6. The number of aryl methyl sites for hydroxylation is 1. The summed E-state index contributed by atoms with van der Waals surface area (Å²) in [6.07, 6.45) is 3.80. The van der Waals surface area contributed by atoms with Gasteiger partial charge in [-0.1, -0.05) is 35.9 Å². The van der Waals surface area contributed by atoms with E-state index in [9.17, 15) is 4.79 Å². The van der Waals surface area contributed by atoms with Gasteiger partial charge in [0.05, 0.1) is 13.7 Å². The molecule has 28 heavy (non-hydrogen) atoms. The van der Waals surface area contributed by atoms with E-state index in [4.69, 9.17) is 4.74 Å². The fraction of sp³-hybridized carbons (Fsp3) is 0.208. The summed E-state index contributed by atoms with van der Waals surface area (Å²) in [5, 5.41) is 0. The molecule has 0 bridgehead atoms. The summed E-state index contributed by atoms with van der Waals surface area (Å²) in [7, 11) is 1.67. The van der Waals surface area contributed by atoms with Crippen molar-refractivity contribution in [1.29, 1.82) is 0 Å². The number of hydrogen-bond donors (Lipinski definition) is 0. The lowest BCUT2D eigenvalue weighted by atomic mass is 10.1. The van der Waals surface area contributed by atoms with Crippen LogP contribution >= 0.6 is 0 Å². The van der Waals surface area contributed by atoms with Crippen molar-refractivity contribution in [3.05, 3.63) is 102 Å². The van der Waals surface area contributed by atoms with Crippen LogP contribution in [-0.4, -0.2) is 29.0 Å². The Hall–Kier alpha value is -3.27. The number of benzene rings is 2. The number of aromatic nitrogens is 1.